The van der Waals surface area contributed by atoms with Crippen molar-refractivity contribution in [1.82, 2.24) is 4.90 Å². The third kappa shape index (κ3) is 1.13. The van der Waals surface area contributed by atoms with Gasteiger partial charge in [0.2, 0.25) is 5.91 Å². The van der Waals surface area contributed by atoms with Gasteiger partial charge in [0.1, 0.15) is 5.54 Å². The summed E-state index contributed by atoms with van der Waals surface area (Å²) in [5, 5.41) is 0. The van der Waals surface area contributed by atoms with Gasteiger partial charge in [-0.15, -0.1) is 0 Å². The normalized spacial score (nSPS) is 25.8. The number of Topliss-reactive ketones (excluding diaryl/α,β-unsaturated/α-hetero) is 1. The van der Waals surface area contributed by atoms with E-state index in [1.807, 2.05) is 0 Å². The van der Waals surface area contributed by atoms with Crippen molar-refractivity contribution in [3.05, 3.63) is 0 Å². The number of rotatable bonds is 1. The molecule has 2 fully saturated rings. The van der Waals surface area contributed by atoms with Crippen LogP contribution < -0.4 is 0 Å². The predicted molar refractivity (Wildman–Crippen MR) is 39.4 cm³/mol. The number of likely N-dealkylation sites (tertiary alicyclic amines) is 1. The quantitative estimate of drug-likeness (QED) is 0.598. The van der Waals surface area contributed by atoms with E-state index in [1.54, 1.807) is 0 Å². The third-order valence-corrected chi connectivity index (χ3v) is 2.75. The standard InChI is InChI=1S/C8H8F3NO2/c9-8(10,11)7(1-2-7)12-4-5(13)3-6(12)14/h1-4H2. The van der Waals surface area contributed by atoms with E-state index in [2.05, 4.69) is 0 Å². The fraction of sp³-hybridized carbons (Fsp3) is 0.750. The van der Waals surface area contributed by atoms with E-state index in [0.717, 1.165) is 0 Å². The topological polar surface area (TPSA) is 37.4 Å². The molecule has 0 N–H and O–H groups in total. The summed E-state index contributed by atoms with van der Waals surface area (Å²) in [6.45, 7) is -0.377. The molecule has 1 heterocycles. The molecule has 0 aromatic heterocycles. The second-order valence-corrected chi connectivity index (χ2v) is 3.72. The molecule has 0 aromatic rings. The van der Waals surface area contributed by atoms with E-state index in [0.29, 0.717) is 4.90 Å². The molecule has 1 aliphatic carbocycles. The maximum absolute atomic E-state index is 12.5. The van der Waals surface area contributed by atoms with Gasteiger partial charge in [-0.05, 0) is 12.8 Å². The number of halogens is 3. The van der Waals surface area contributed by atoms with Gasteiger partial charge in [-0.25, -0.2) is 0 Å². The van der Waals surface area contributed by atoms with E-state index < -0.39 is 23.4 Å². The van der Waals surface area contributed by atoms with Crippen LogP contribution in [0.1, 0.15) is 19.3 Å². The SMILES string of the molecule is O=C1CC(=O)N(C2(C(F)(F)F)CC2)C1. The fourth-order valence-corrected chi connectivity index (χ4v) is 1.80. The van der Waals surface area contributed by atoms with E-state index in [-0.39, 0.29) is 25.8 Å². The van der Waals surface area contributed by atoms with Crippen LogP contribution in [-0.4, -0.2) is 34.9 Å². The zero-order valence-electron chi connectivity index (χ0n) is 7.23. The molecule has 1 saturated carbocycles. The van der Waals surface area contributed by atoms with Gasteiger partial charge in [0, 0.05) is 0 Å². The Hall–Kier alpha value is -1.07. The Morgan fingerprint density at radius 2 is 1.79 bits per heavy atom. The van der Waals surface area contributed by atoms with Crippen LogP contribution in [0.25, 0.3) is 0 Å². The molecule has 0 bridgehead atoms. The molecule has 0 radical (unpaired) electrons. The average molecular weight is 207 g/mol. The highest BCUT2D eigenvalue weighted by atomic mass is 19.4. The van der Waals surface area contributed by atoms with Gasteiger partial charge < -0.3 is 4.90 Å². The van der Waals surface area contributed by atoms with E-state index >= 15 is 0 Å². The van der Waals surface area contributed by atoms with Crippen LogP contribution in [-0.2, 0) is 9.59 Å². The Bertz CT molecular complexity index is 306. The first-order valence-electron chi connectivity index (χ1n) is 4.26. The van der Waals surface area contributed by atoms with Crippen LogP contribution in [0.5, 0.6) is 0 Å². The molecule has 3 nitrogen and oxygen atoms in total. The van der Waals surface area contributed by atoms with Gasteiger partial charge in [0.05, 0.1) is 13.0 Å². The van der Waals surface area contributed by atoms with Crippen LogP contribution in [0, 0.1) is 0 Å². The molecule has 1 saturated heterocycles. The van der Waals surface area contributed by atoms with Crippen LogP contribution >= 0.6 is 0 Å². The molecular formula is C8H8F3NO2. The number of hydrogen-bond donors (Lipinski definition) is 0. The summed E-state index contributed by atoms with van der Waals surface area (Å²) in [4.78, 5) is 22.6. The van der Waals surface area contributed by atoms with Crippen molar-refractivity contribution in [3.63, 3.8) is 0 Å². The molecule has 0 atom stereocenters. The maximum atomic E-state index is 12.5. The number of ketones is 1. The second kappa shape index (κ2) is 2.49. The Balaban J connectivity index is 2.24. The summed E-state index contributed by atoms with van der Waals surface area (Å²) in [6, 6.07) is 0. The highest BCUT2D eigenvalue weighted by Gasteiger charge is 2.69. The Morgan fingerprint density at radius 3 is 2.07 bits per heavy atom. The van der Waals surface area contributed by atoms with Gasteiger partial charge in [-0.3, -0.25) is 9.59 Å². The highest BCUT2D eigenvalue weighted by Crippen LogP contribution is 2.54. The Labute approximate surface area is 77.9 Å². The van der Waals surface area contributed by atoms with Gasteiger partial charge in [0.25, 0.3) is 0 Å². The molecule has 2 rings (SSSR count). The number of carbonyl (C=O) groups is 2. The molecule has 1 amide bonds. The van der Waals surface area contributed by atoms with Crippen molar-refractivity contribution in [2.75, 3.05) is 6.54 Å². The zero-order chi connectivity index (χ0) is 10.6. The number of alkyl halides is 3. The van der Waals surface area contributed by atoms with Crippen molar-refractivity contribution in [3.8, 4) is 0 Å². The van der Waals surface area contributed by atoms with Crippen LogP contribution in [0.3, 0.4) is 0 Å². The molecule has 0 spiro atoms. The maximum Gasteiger partial charge on any atom is 0.411 e. The first-order chi connectivity index (χ1) is 6.37. The summed E-state index contributed by atoms with van der Waals surface area (Å²) < 4.78 is 37.6. The van der Waals surface area contributed by atoms with Crippen LogP contribution in [0.2, 0.25) is 0 Å². The van der Waals surface area contributed by atoms with Gasteiger partial charge in [0.15, 0.2) is 5.78 Å². The van der Waals surface area contributed by atoms with Crippen molar-refractivity contribution in [1.29, 1.82) is 0 Å². The summed E-state index contributed by atoms with van der Waals surface area (Å²) in [7, 11) is 0. The summed E-state index contributed by atoms with van der Waals surface area (Å²) in [5.74, 6) is -1.12. The Kier molecular flexibility index (Phi) is 1.69. The lowest BCUT2D eigenvalue weighted by molar-refractivity contribution is -0.197. The molecular weight excluding hydrogens is 199 g/mol. The average Bonchev–Trinajstić information content (AvgIpc) is 2.73. The fourth-order valence-electron chi connectivity index (χ4n) is 1.80. The molecule has 6 heteroatoms. The molecule has 1 aliphatic heterocycles. The van der Waals surface area contributed by atoms with Crippen molar-refractivity contribution < 1.29 is 22.8 Å². The second-order valence-electron chi connectivity index (χ2n) is 3.72. The van der Waals surface area contributed by atoms with Gasteiger partial charge >= 0.3 is 6.18 Å². The lowest BCUT2D eigenvalue weighted by atomic mass is 10.2. The molecule has 2 aliphatic rings. The summed E-state index contributed by atoms with van der Waals surface area (Å²) in [6.07, 6.45) is -4.93. The van der Waals surface area contributed by atoms with Crippen molar-refractivity contribution in [2.45, 2.75) is 31.0 Å². The number of hydrogen-bond acceptors (Lipinski definition) is 2. The van der Waals surface area contributed by atoms with Gasteiger partial charge in [-0.2, -0.15) is 13.2 Å². The first kappa shape index (κ1) is 9.48. The third-order valence-electron chi connectivity index (χ3n) is 2.75. The molecule has 78 valence electrons. The molecule has 14 heavy (non-hydrogen) atoms. The minimum atomic E-state index is -4.41. The number of nitrogens with zero attached hydrogens (tertiary/aromatic N) is 1. The number of amides is 1. The zero-order valence-corrected chi connectivity index (χ0v) is 7.23. The van der Waals surface area contributed by atoms with Crippen LogP contribution in [0.4, 0.5) is 13.2 Å². The van der Waals surface area contributed by atoms with E-state index in [1.165, 1.54) is 0 Å². The molecule has 0 aromatic carbocycles. The van der Waals surface area contributed by atoms with Crippen molar-refractivity contribution in [2.24, 2.45) is 0 Å². The van der Waals surface area contributed by atoms with Gasteiger partial charge in [-0.1, -0.05) is 0 Å². The summed E-state index contributed by atoms with van der Waals surface area (Å²) in [5.41, 5.74) is -2.02. The minimum Gasteiger partial charge on any atom is -0.320 e. The van der Waals surface area contributed by atoms with Crippen LogP contribution in [0.15, 0.2) is 0 Å². The summed E-state index contributed by atoms with van der Waals surface area (Å²) >= 11 is 0. The van der Waals surface area contributed by atoms with E-state index in [9.17, 15) is 22.8 Å². The lowest BCUT2D eigenvalue weighted by Crippen LogP contribution is -2.49. The lowest BCUT2D eigenvalue weighted by Gasteiger charge is -2.28. The number of carbonyl (C=O) groups excluding carboxylic acids is 2. The highest BCUT2D eigenvalue weighted by molar-refractivity contribution is 6.05. The first-order valence-corrected chi connectivity index (χ1v) is 4.26. The monoisotopic (exact) mass is 207 g/mol. The largest absolute Gasteiger partial charge is 0.411 e. The predicted octanol–water partition coefficient (Wildman–Crippen LogP) is 0.883. The van der Waals surface area contributed by atoms with E-state index in [4.69, 9.17) is 0 Å². The Morgan fingerprint density at radius 1 is 1.21 bits per heavy atom. The smallest absolute Gasteiger partial charge is 0.320 e. The molecule has 0 unspecified atom stereocenters. The van der Waals surface area contributed by atoms with Crippen molar-refractivity contribution >= 4 is 11.7 Å². The minimum absolute atomic E-state index is 0.0739.